The molecule has 1 aromatic carbocycles. The van der Waals surface area contributed by atoms with E-state index < -0.39 is 10.0 Å². The van der Waals surface area contributed by atoms with E-state index in [-0.39, 0.29) is 0 Å². The minimum atomic E-state index is -3.55. The number of hydrogen-bond acceptors (Lipinski definition) is 7. The summed E-state index contributed by atoms with van der Waals surface area (Å²) >= 11 is 1.67. The van der Waals surface area contributed by atoms with Gasteiger partial charge in [0, 0.05) is 49.0 Å². The number of anilines is 1. The lowest BCUT2D eigenvalue weighted by Crippen LogP contribution is -2.49. The predicted octanol–water partition coefficient (Wildman–Crippen LogP) is 4.50. The van der Waals surface area contributed by atoms with E-state index in [4.69, 9.17) is 9.97 Å². The SMILES string of the molecule is Cc1ccc(S(=O)(=O)N2CCN(c3nc(-c4cccnc4)nc4sc(C)c(C)c34)CC2)c(C)c1. The van der Waals surface area contributed by atoms with E-state index in [0.29, 0.717) is 36.9 Å². The van der Waals surface area contributed by atoms with Gasteiger partial charge in [-0.25, -0.2) is 18.4 Å². The van der Waals surface area contributed by atoms with Gasteiger partial charge >= 0.3 is 0 Å². The average molecular weight is 494 g/mol. The Hall–Kier alpha value is -2.88. The summed E-state index contributed by atoms with van der Waals surface area (Å²) in [4.78, 5) is 18.7. The van der Waals surface area contributed by atoms with Crippen molar-refractivity contribution < 1.29 is 8.42 Å². The summed E-state index contributed by atoms with van der Waals surface area (Å²) in [6, 6.07) is 9.33. The van der Waals surface area contributed by atoms with Crippen LogP contribution in [0.15, 0.2) is 47.6 Å². The van der Waals surface area contributed by atoms with Gasteiger partial charge < -0.3 is 4.90 Å². The van der Waals surface area contributed by atoms with Crippen LogP contribution in [0.5, 0.6) is 0 Å². The molecule has 7 nitrogen and oxygen atoms in total. The first kappa shape index (κ1) is 22.9. The van der Waals surface area contributed by atoms with Gasteiger partial charge in [-0.3, -0.25) is 4.98 Å². The number of rotatable bonds is 4. The lowest BCUT2D eigenvalue weighted by atomic mass is 10.2. The first-order valence-corrected chi connectivity index (χ1v) is 13.5. The smallest absolute Gasteiger partial charge is 0.243 e. The van der Waals surface area contributed by atoms with Crippen LogP contribution in [0.4, 0.5) is 5.82 Å². The van der Waals surface area contributed by atoms with Crippen LogP contribution in [0.2, 0.25) is 0 Å². The molecule has 0 aliphatic carbocycles. The number of benzene rings is 1. The van der Waals surface area contributed by atoms with E-state index in [1.165, 1.54) is 10.4 Å². The molecular weight excluding hydrogens is 466 g/mol. The second-order valence-corrected chi connectivity index (χ2v) is 11.8. The van der Waals surface area contributed by atoms with Gasteiger partial charge in [-0.1, -0.05) is 17.7 Å². The fraction of sp³-hybridized carbons (Fsp3) is 0.320. The van der Waals surface area contributed by atoms with Gasteiger partial charge in [0.05, 0.1) is 10.3 Å². The standard InChI is InChI=1S/C25H27N5O2S2/c1-16-7-8-21(17(2)14-16)34(31,32)30-12-10-29(11-13-30)24-22-18(3)19(4)33-25(22)28-23(27-24)20-6-5-9-26-15-20/h5-9,14-15H,10-13H2,1-4H3. The number of aryl methyl sites for hydroxylation is 4. The van der Waals surface area contributed by atoms with Gasteiger partial charge in [-0.2, -0.15) is 4.31 Å². The van der Waals surface area contributed by atoms with Gasteiger partial charge in [0.25, 0.3) is 0 Å². The second-order valence-electron chi connectivity index (χ2n) is 8.74. The molecule has 4 heterocycles. The lowest BCUT2D eigenvalue weighted by molar-refractivity contribution is 0.384. The number of aromatic nitrogens is 3. The zero-order valence-electron chi connectivity index (χ0n) is 19.7. The highest BCUT2D eigenvalue weighted by atomic mass is 32.2. The largest absolute Gasteiger partial charge is 0.353 e. The molecule has 0 spiro atoms. The Morgan fingerprint density at radius 3 is 2.41 bits per heavy atom. The number of nitrogens with zero attached hydrogens (tertiary/aromatic N) is 5. The van der Waals surface area contributed by atoms with E-state index in [1.54, 1.807) is 34.1 Å². The summed E-state index contributed by atoms with van der Waals surface area (Å²) in [5.74, 6) is 1.51. The van der Waals surface area contributed by atoms with Gasteiger partial charge in [0.2, 0.25) is 10.0 Å². The van der Waals surface area contributed by atoms with Crippen LogP contribution in [0.25, 0.3) is 21.6 Å². The molecule has 1 aliphatic rings. The molecule has 5 rings (SSSR count). The number of sulfonamides is 1. The van der Waals surface area contributed by atoms with Crippen LogP contribution < -0.4 is 4.90 Å². The topological polar surface area (TPSA) is 79.3 Å². The molecule has 0 amide bonds. The molecule has 0 saturated carbocycles. The van der Waals surface area contributed by atoms with Gasteiger partial charge in [-0.05, 0) is 57.0 Å². The minimum absolute atomic E-state index is 0.388. The fourth-order valence-electron chi connectivity index (χ4n) is 4.45. The minimum Gasteiger partial charge on any atom is -0.353 e. The quantitative estimate of drug-likeness (QED) is 0.417. The maximum Gasteiger partial charge on any atom is 0.243 e. The molecule has 3 aromatic heterocycles. The molecule has 0 radical (unpaired) electrons. The Labute approximate surface area is 204 Å². The first-order chi connectivity index (χ1) is 16.3. The van der Waals surface area contributed by atoms with Crippen LogP contribution >= 0.6 is 11.3 Å². The van der Waals surface area contributed by atoms with Crippen molar-refractivity contribution >= 4 is 37.4 Å². The Morgan fingerprint density at radius 1 is 0.971 bits per heavy atom. The fourth-order valence-corrected chi connectivity index (χ4v) is 7.10. The van der Waals surface area contributed by atoms with E-state index in [0.717, 1.165) is 32.7 Å². The number of thiophene rings is 1. The molecule has 34 heavy (non-hydrogen) atoms. The molecular formula is C25H27N5O2S2. The van der Waals surface area contributed by atoms with Crippen LogP contribution in [0.3, 0.4) is 0 Å². The molecule has 1 saturated heterocycles. The summed E-state index contributed by atoms with van der Waals surface area (Å²) in [5, 5.41) is 1.06. The molecule has 0 atom stereocenters. The van der Waals surface area contributed by atoms with Gasteiger partial charge in [0.1, 0.15) is 10.6 Å². The molecule has 1 aliphatic heterocycles. The monoisotopic (exact) mass is 493 g/mol. The Bertz CT molecular complexity index is 1470. The third kappa shape index (κ3) is 3.97. The number of piperazine rings is 1. The van der Waals surface area contributed by atoms with Crippen molar-refractivity contribution in [1.82, 2.24) is 19.3 Å². The zero-order valence-corrected chi connectivity index (χ0v) is 21.4. The second kappa shape index (κ2) is 8.72. The van der Waals surface area contributed by atoms with E-state index in [1.807, 2.05) is 38.1 Å². The summed E-state index contributed by atoms with van der Waals surface area (Å²) in [5.41, 5.74) is 3.88. The predicted molar refractivity (Wildman–Crippen MR) is 137 cm³/mol. The van der Waals surface area contributed by atoms with E-state index in [2.05, 4.69) is 23.7 Å². The van der Waals surface area contributed by atoms with Crippen molar-refractivity contribution in [2.75, 3.05) is 31.1 Å². The maximum atomic E-state index is 13.3. The highest BCUT2D eigenvalue weighted by molar-refractivity contribution is 7.89. The van der Waals surface area contributed by atoms with Crippen LogP contribution in [0.1, 0.15) is 21.6 Å². The third-order valence-corrected chi connectivity index (χ3v) is 9.58. The van der Waals surface area contributed by atoms with Gasteiger partial charge in [0.15, 0.2) is 5.82 Å². The highest BCUT2D eigenvalue weighted by Crippen LogP contribution is 2.37. The van der Waals surface area contributed by atoms with Crippen LogP contribution in [-0.2, 0) is 10.0 Å². The summed E-state index contributed by atoms with van der Waals surface area (Å²) in [6.07, 6.45) is 3.50. The number of hydrogen-bond donors (Lipinski definition) is 0. The summed E-state index contributed by atoms with van der Waals surface area (Å²) < 4.78 is 28.3. The van der Waals surface area contributed by atoms with Gasteiger partial charge in [-0.15, -0.1) is 11.3 Å². The maximum absolute atomic E-state index is 13.3. The van der Waals surface area contributed by atoms with Crippen molar-refractivity contribution in [2.45, 2.75) is 32.6 Å². The molecule has 0 bridgehead atoms. The summed E-state index contributed by atoms with van der Waals surface area (Å²) in [6.45, 7) is 9.98. The number of pyridine rings is 1. The molecule has 0 unspecified atom stereocenters. The number of fused-ring (bicyclic) bond motifs is 1. The Morgan fingerprint density at radius 2 is 1.74 bits per heavy atom. The molecule has 9 heteroatoms. The highest BCUT2D eigenvalue weighted by Gasteiger charge is 2.31. The third-order valence-electron chi connectivity index (χ3n) is 6.42. The van der Waals surface area contributed by atoms with Crippen molar-refractivity contribution in [2.24, 2.45) is 0 Å². The Kier molecular flexibility index (Phi) is 5.87. The molecule has 1 fully saturated rings. The Balaban J connectivity index is 1.48. The summed E-state index contributed by atoms with van der Waals surface area (Å²) in [7, 11) is -3.55. The average Bonchev–Trinajstić information content (AvgIpc) is 3.12. The molecule has 0 N–H and O–H groups in total. The first-order valence-electron chi connectivity index (χ1n) is 11.3. The van der Waals surface area contributed by atoms with E-state index >= 15 is 0 Å². The lowest BCUT2D eigenvalue weighted by Gasteiger charge is -2.35. The van der Waals surface area contributed by atoms with E-state index in [9.17, 15) is 8.42 Å². The molecule has 4 aromatic rings. The van der Waals surface area contributed by atoms with Crippen molar-refractivity contribution in [3.63, 3.8) is 0 Å². The van der Waals surface area contributed by atoms with Crippen molar-refractivity contribution in [3.05, 3.63) is 64.3 Å². The van der Waals surface area contributed by atoms with Crippen molar-refractivity contribution in [1.29, 1.82) is 0 Å². The normalized spacial score (nSPS) is 15.2. The van der Waals surface area contributed by atoms with Crippen LogP contribution in [0, 0.1) is 27.7 Å². The van der Waals surface area contributed by atoms with Crippen molar-refractivity contribution in [3.8, 4) is 11.4 Å². The van der Waals surface area contributed by atoms with Crippen LogP contribution in [-0.4, -0.2) is 53.9 Å². The molecule has 176 valence electrons. The zero-order chi connectivity index (χ0) is 24.0.